The van der Waals surface area contributed by atoms with Crippen molar-refractivity contribution in [2.24, 2.45) is 0 Å². The van der Waals surface area contributed by atoms with Gasteiger partial charge < -0.3 is 14.3 Å². The van der Waals surface area contributed by atoms with Crippen LogP contribution in [0, 0.1) is 19.7 Å². The molecule has 0 bridgehead atoms. The van der Waals surface area contributed by atoms with Crippen LogP contribution in [-0.2, 0) is 11.2 Å². The molecule has 0 saturated carbocycles. The van der Waals surface area contributed by atoms with Crippen molar-refractivity contribution in [1.29, 1.82) is 0 Å². The molecule has 0 fully saturated rings. The van der Waals surface area contributed by atoms with Crippen LogP contribution >= 0.6 is 0 Å². The number of nitrogens with zero attached hydrogens (tertiary/aromatic N) is 3. The number of aryl methyl sites for hydroxylation is 3. The normalized spacial score (nSPS) is 11.1. The second kappa shape index (κ2) is 7.22. The predicted octanol–water partition coefficient (Wildman–Crippen LogP) is 4.21. The third-order valence-corrected chi connectivity index (χ3v) is 4.24. The van der Waals surface area contributed by atoms with Gasteiger partial charge in [0.05, 0.1) is 0 Å². The fourth-order valence-electron chi connectivity index (χ4n) is 2.77. The fourth-order valence-corrected chi connectivity index (χ4v) is 2.77. The molecule has 0 spiro atoms. The molecule has 4 rings (SSSR count). The van der Waals surface area contributed by atoms with E-state index >= 15 is 0 Å². The van der Waals surface area contributed by atoms with Crippen molar-refractivity contribution in [3.63, 3.8) is 0 Å². The van der Waals surface area contributed by atoms with Gasteiger partial charge in [0.25, 0.3) is 0 Å². The Morgan fingerprint density at radius 2 is 2.00 bits per heavy atom. The molecule has 1 N–H and O–H groups in total. The molecule has 142 valence electrons. The molecule has 0 saturated heterocycles. The molecular formula is C20H17FN4O3. The zero-order valence-electron chi connectivity index (χ0n) is 15.3. The number of carbonyl (C=O) groups is 1. The first-order valence-corrected chi connectivity index (χ1v) is 8.74. The molecule has 0 aliphatic heterocycles. The Labute approximate surface area is 159 Å². The summed E-state index contributed by atoms with van der Waals surface area (Å²) >= 11 is 0. The SMILES string of the molecule is Cc1nc2cc(NC(=O)CCc3nc(-c4ccc(C)c(F)c4)no3)ccc2o1. The number of rotatable bonds is 5. The summed E-state index contributed by atoms with van der Waals surface area (Å²) in [6.45, 7) is 3.45. The minimum atomic E-state index is -0.331. The van der Waals surface area contributed by atoms with Crippen LogP contribution in [0.5, 0.6) is 0 Å². The lowest BCUT2D eigenvalue weighted by Gasteiger charge is -2.03. The van der Waals surface area contributed by atoms with Gasteiger partial charge in [-0.25, -0.2) is 9.37 Å². The van der Waals surface area contributed by atoms with Crippen molar-refractivity contribution in [3.8, 4) is 11.4 Å². The second-order valence-electron chi connectivity index (χ2n) is 6.44. The first-order valence-electron chi connectivity index (χ1n) is 8.74. The smallest absolute Gasteiger partial charge is 0.227 e. The number of halogens is 1. The van der Waals surface area contributed by atoms with E-state index in [-0.39, 0.29) is 24.6 Å². The van der Waals surface area contributed by atoms with Crippen molar-refractivity contribution < 1.29 is 18.1 Å². The van der Waals surface area contributed by atoms with Gasteiger partial charge in [-0.1, -0.05) is 17.3 Å². The summed E-state index contributed by atoms with van der Waals surface area (Å²) in [4.78, 5) is 20.7. The molecule has 4 aromatic rings. The Morgan fingerprint density at radius 3 is 2.82 bits per heavy atom. The van der Waals surface area contributed by atoms with Gasteiger partial charge in [0.15, 0.2) is 11.5 Å². The molecular weight excluding hydrogens is 363 g/mol. The molecule has 0 aliphatic rings. The summed E-state index contributed by atoms with van der Waals surface area (Å²) in [5, 5.41) is 6.66. The van der Waals surface area contributed by atoms with E-state index in [4.69, 9.17) is 8.94 Å². The largest absolute Gasteiger partial charge is 0.441 e. The molecule has 0 atom stereocenters. The number of anilines is 1. The van der Waals surface area contributed by atoms with Crippen molar-refractivity contribution in [3.05, 3.63) is 59.6 Å². The predicted molar refractivity (Wildman–Crippen MR) is 100 cm³/mol. The number of fused-ring (bicyclic) bond motifs is 1. The number of benzene rings is 2. The van der Waals surface area contributed by atoms with Crippen LogP contribution in [-0.4, -0.2) is 21.0 Å². The van der Waals surface area contributed by atoms with E-state index in [0.717, 1.165) is 0 Å². The second-order valence-corrected chi connectivity index (χ2v) is 6.44. The first-order chi connectivity index (χ1) is 13.5. The van der Waals surface area contributed by atoms with Gasteiger partial charge >= 0.3 is 0 Å². The third-order valence-electron chi connectivity index (χ3n) is 4.24. The third kappa shape index (κ3) is 3.75. The standard InChI is InChI=1S/C20H17FN4O3/c1-11-3-4-13(9-15(11)21)20-24-19(28-25-20)8-7-18(26)23-14-5-6-17-16(10-14)22-12(2)27-17/h3-6,9-10H,7-8H2,1-2H3,(H,23,26). The van der Waals surface area contributed by atoms with Crippen LogP contribution in [0.1, 0.15) is 23.8 Å². The Balaban J connectivity index is 1.37. The number of hydrogen-bond donors (Lipinski definition) is 1. The highest BCUT2D eigenvalue weighted by atomic mass is 19.1. The summed E-state index contributed by atoms with van der Waals surface area (Å²) in [5.74, 6) is 0.650. The Bertz CT molecular complexity index is 1170. The van der Waals surface area contributed by atoms with E-state index in [2.05, 4.69) is 20.4 Å². The van der Waals surface area contributed by atoms with E-state index in [1.54, 1.807) is 44.2 Å². The van der Waals surface area contributed by atoms with E-state index in [1.165, 1.54) is 6.07 Å². The number of aromatic nitrogens is 3. The number of hydrogen-bond acceptors (Lipinski definition) is 6. The molecule has 7 nitrogen and oxygen atoms in total. The van der Waals surface area contributed by atoms with Crippen molar-refractivity contribution in [1.82, 2.24) is 15.1 Å². The highest BCUT2D eigenvalue weighted by Gasteiger charge is 2.12. The maximum absolute atomic E-state index is 13.7. The number of amides is 1. The molecule has 1 amide bonds. The van der Waals surface area contributed by atoms with Crippen molar-refractivity contribution in [2.45, 2.75) is 26.7 Å². The highest BCUT2D eigenvalue weighted by molar-refractivity contribution is 5.92. The van der Waals surface area contributed by atoms with Gasteiger partial charge in [0, 0.05) is 31.0 Å². The lowest BCUT2D eigenvalue weighted by molar-refractivity contribution is -0.116. The molecule has 0 unspecified atom stereocenters. The van der Waals surface area contributed by atoms with Crippen LogP contribution in [0.4, 0.5) is 10.1 Å². The zero-order chi connectivity index (χ0) is 19.7. The van der Waals surface area contributed by atoms with Gasteiger partial charge in [-0.05, 0) is 36.8 Å². The van der Waals surface area contributed by atoms with Gasteiger partial charge in [-0.15, -0.1) is 0 Å². The fraction of sp³-hybridized carbons (Fsp3) is 0.200. The van der Waals surface area contributed by atoms with E-state index in [0.29, 0.717) is 45.5 Å². The summed E-state index contributed by atoms with van der Waals surface area (Å²) in [6.07, 6.45) is 0.443. The van der Waals surface area contributed by atoms with E-state index < -0.39 is 0 Å². The Hall–Kier alpha value is -3.55. The van der Waals surface area contributed by atoms with Crippen LogP contribution in [0.2, 0.25) is 0 Å². The Kier molecular flexibility index (Phi) is 4.60. The van der Waals surface area contributed by atoms with Gasteiger partial charge in [0.1, 0.15) is 11.3 Å². The monoisotopic (exact) mass is 380 g/mol. The van der Waals surface area contributed by atoms with Gasteiger partial charge in [0.2, 0.25) is 17.6 Å². The number of oxazole rings is 1. The maximum atomic E-state index is 13.7. The minimum Gasteiger partial charge on any atom is -0.441 e. The maximum Gasteiger partial charge on any atom is 0.227 e. The molecule has 2 heterocycles. The van der Waals surface area contributed by atoms with Gasteiger partial charge in [-0.3, -0.25) is 4.79 Å². The van der Waals surface area contributed by atoms with Crippen LogP contribution in [0.15, 0.2) is 45.3 Å². The van der Waals surface area contributed by atoms with Crippen molar-refractivity contribution in [2.75, 3.05) is 5.32 Å². The summed E-state index contributed by atoms with van der Waals surface area (Å²) in [7, 11) is 0. The number of nitrogens with one attached hydrogen (secondary N) is 1. The first kappa shape index (κ1) is 17.8. The summed E-state index contributed by atoms with van der Waals surface area (Å²) in [5.41, 5.74) is 3.05. The van der Waals surface area contributed by atoms with E-state index in [1.807, 2.05) is 0 Å². The topological polar surface area (TPSA) is 94.1 Å². The molecule has 0 aliphatic carbocycles. The molecule has 28 heavy (non-hydrogen) atoms. The minimum absolute atomic E-state index is 0.166. The summed E-state index contributed by atoms with van der Waals surface area (Å²) < 4.78 is 24.3. The summed E-state index contributed by atoms with van der Waals surface area (Å²) in [6, 6.07) is 10.00. The average Bonchev–Trinajstić information content (AvgIpc) is 3.27. The van der Waals surface area contributed by atoms with E-state index in [9.17, 15) is 9.18 Å². The molecule has 2 aromatic carbocycles. The highest BCUT2D eigenvalue weighted by Crippen LogP contribution is 2.21. The van der Waals surface area contributed by atoms with Gasteiger partial charge in [-0.2, -0.15) is 4.98 Å². The average molecular weight is 380 g/mol. The van der Waals surface area contributed by atoms with Crippen LogP contribution in [0.25, 0.3) is 22.5 Å². The molecule has 2 aromatic heterocycles. The number of carbonyl (C=O) groups excluding carboxylic acids is 1. The molecule has 8 heteroatoms. The quantitative estimate of drug-likeness (QED) is 0.557. The zero-order valence-corrected chi connectivity index (χ0v) is 15.3. The lowest BCUT2D eigenvalue weighted by Crippen LogP contribution is -2.12. The Morgan fingerprint density at radius 1 is 1.14 bits per heavy atom. The van der Waals surface area contributed by atoms with Crippen molar-refractivity contribution >= 4 is 22.7 Å². The molecule has 0 radical (unpaired) electrons. The lowest BCUT2D eigenvalue weighted by atomic mass is 10.1. The van der Waals surface area contributed by atoms with Crippen LogP contribution in [0.3, 0.4) is 0 Å². The van der Waals surface area contributed by atoms with Crippen LogP contribution < -0.4 is 5.32 Å².